The van der Waals surface area contributed by atoms with Crippen molar-refractivity contribution in [3.8, 4) is 0 Å². The van der Waals surface area contributed by atoms with E-state index in [1.165, 1.54) is 44.6 Å². The van der Waals surface area contributed by atoms with Crippen molar-refractivity contribution < 1.29 is 9.53 Å². The number of carbonyl (C=O) groups is 1. The molecule has 1 aromatic rings. The zero-order chi connectivity index (χ0) is 18.9. The molecule has 0 amide bonds. The van der Waals surface area contributed by atoms with Crippen LogP contribution in [-0.2, 0) is 9.53 Å². The second-order valence-corrected chi connectivity index (χ2v) is 7.52. The summed E-state index contributed by atoms with van der Waals surface area (Å²) in [4.78, 5) is 16.5. The first-order valence-corrected chi connectivity index (χ1v) is 10.4. The summed E-state index contributed by atoms with van der Waals surface area (Å²) in [5, 5.41) is 6.56. The smallest absolute Gasteiger partial charge is 0.325 e. The third-order valence-corrected chi connectivity index (χ3v) is 5.66. The van der Waals surface area contributed by atoms with E-state index in [2.05, 4.69) is 32.6 Å². The number of hydrogen-bond acceptors (Lipinski definition) is 6. The molecule has 0 saturated carbocycles. The molecule has 150 valence electrons. The minimum Gasteiger partial charge on any atom is -0.465 e. The van der Waals surface area contributed by atoms with Crippen LogP contribution in [0.2, 0.25) is 0 Å². The van der Waals surface area contributed by atoms with Gasteiger partial charge in [0.15, 0.2) is 0 Å². The highest BCUT2D eigenvalue weighted by Crippen LogP contribution is 2.21. The first-order chi connectivity index (χ1) is 13.2. The number of nitrogens with zero attached hydrogens (tertiary/aromatic N) is 2. The normalized spacial score (nSPS) is 19.1. The maximum absolute atomic E-state index is 11.4. The predicted molar refractivity (Wildman–Crippen MR) is 110 cm³/mol. The summed E-state index contributed by atoms with van der Waals surface area (Å²) < 4.78 is 4.93. The fourth-order valence-electron chi connectivity index (χ4n) is 3.94. The number of ether oxygens (including phenoxy) is 1. The zero-order valence-corrected chi connectivity index (χ0v) is 16.6. The van der Waals surface area contributed by atoms with Crippen LogP contribution in [-0.4, -0.2) is 69.8 Å². The maximum Gasteiger partial charge on any atom is 0.325 e. The summed E-state index contributed by atoms with van der Waals surface area (Å²) in [5.74, 6) is 0.695. The van der Waals surface area contributed by atoms with Crippen molar-refractivity contribution in [1.29, 1.82) is 0 Å². The first kappa shape index (κ1) is 20.0. The van der Waals surface area contributed by atoms with Gasteiger partial charge in [-0.3, -0.25) is 9.69 Å². The van der Waals surface area contributed by atoms with Gasteiger partial charge in [0, 0.05) is 37.6 Å². The van der Waals surface area contributed by atoms with E-state index >= 15 is 0 Å². The van der Waals surface area contributed by atoms with Gasteiger partial charge in [-0.1, -0.05) is 0 Å². The summed E-state index contributed by atoms with van der Waals surface area (Å²) in [5.41, 5.74) is 2.21. The highest BCUT2D eigenvalue weighted by Gasteiger charge is 2.19. The van der Waals surface area contributed by atoms with Gasteiger partial charge in [-0.05, 0) is 76.0 Å². The molecule has 27 heavy (non-hydrogen) atoms. The molecule has 6 heteroatoms. The molecule has 0 spiro atoms. The molecule has 0 atom stereocenters. The van der Waals surface area contributed by atoms with Crippen molar-refractivity contribution in [2.75, 3.05) is 69.2 Å². The summed E-state index contributed by atoms with van der Waals surface area (Å²) in [7, 11) is 0. The van der Waals surface area contributed by atoms with E-state index in [4.69, 9.17) is 4.74 Å². The lowest BCUT2D eigenvalue weighted by atomic mass is 9.94. The van der Waals surface area contributed by atoms with Crippen molar-refractivity contribution in [3.63, 3.8) is 0 Å². The molecule has 0 aromatic heterocycles. The van der Waals surface area contributed by atoms with Gasteiger partial charge in [-0.2, -0.15) is 0 Å². The molecule has 0 radical (unpaired) electrons. The number of hydrogen-bond donors (Lipinski definition) is 2. The van der Waals surface area contributed by atoms with Crippen LogP contribution < -0.4 is 15.5 Å². The lowest BCUT2D eigenvalue weighted by Crippen LogP contribution is -2.47. The molecule has 0 bridgehead atoms. The molecule has 2 aliphatic heterocycles. The molecule has 3 rings (SSSR count). The van der Waals surface area contributed by atoms with Crippen LogP contribution in [0.25, 0.3) is 0 Å². The Morgan fingerprint density at radius 1 is 1.15 bits per heavy atom. The summed E-state index contributed by atoms with van der Waals surface area (Å²) >= 11 is 0. The quantitative estimate of drug-likeness (QED) is 0.680. The van der Waals surface area contributed by atoms with Gasteiger partial charge in [-0.25, -0.2) is 0 Å². The lowest BCUT2D eigenvalue weighted by molar-refractivity contribution is -0.140. The number of esters is 1. The summed E-state index contributed by atoms with van der Waals surface area (Å²) in [6, 6.07) is 8.35. The number of benzene rings is 1. The number of piperidine rings is 1. The van der Waals surface area contributed by atoms with Gasteiger partial charge in [0.2, 0.25) is 0 Å². The van der Waals surface area contributed by atoms with Gasteiger partial charge in [0.05, 0.1) is 6.61 Å². The molecule has 2 fully saturated rings. The van der Waals surface area contributed by atoms with E-state index in [1.807, 2.05) is 19.1 Å². The Labute approximate surface area is 163 Å². The Morgan fingerprint density at radius 3 is 2.52 bits per heavy atom. The maximum atomic E-state index is 11.4. The summed E-state index contributed by atoms with van der Waals surface area (Å²) in [6.45, 7) is 10.6. The average Bonchev–Trinajstić information content (AvgIpc) is 2.73. The first-order valence-electron chi connectivity index (χ1n) is 10.4. The second kappa shape index (κ2) is 10.5. The van der Waals surface area contributed by atoms with Gasteiger partial charge in [-0.15, -0.1) is 0 Å². The van der Waals surface area contributed by atoms with Crippen molar-refractivity contribution in [2.45, 2.75) is 26.2 Å². The van der Waals surface area contributed by atoms with Crippen LogP contribution in [0.5, 0.6) is 0 Å². The molecule has 2 saturated heterocycles. The molecule has 6 nitrogen and oxygen atoms in total. The standard InChI is InChI=1S/C21H34N4O2/c1-2-27-21(26)17-23-19-3-5-20(6-4-19)25-15-13-24(14-16-25)12-9-18-7-10-22-11-8-18/h3-6,18,22-23H,2,7-17H2,1H3. The zero-order valence-electron chi connectivity index (χ0n) is 16.6. The molecule has 2 heterocycles. The summed E-state index contributed by atoms with van der Waals surface area (Å²) in [6.07, 6.45) is 4.04. The third-order valence-electron chi connectivity index (χ3n) is 5.66. The largest absolute Gasteiger partial charge is 0.465 e. The topological polar surface area (TPSA) is 56.8 Å². The van der Waals surface area contributed by atoms with Crippen molar-refractivity contribution >= 4 is 17.3 Å². The fraction of sp³-hybridized carbons (Fsp3) is 0.667. The van der Waals surface area contributed by atoms with Gasteiger partial charge < -0.3 is 20.3 Å². The molecular formula is C21H34N4O2. The molecule has 0 unspecified atom stereocenters. The molecule has 2 aliphatic rings. The SMILES string of the molecule is CCOC(=O)CNc1ccc(N2CCN(CCC3CCNCC3)CC2)cc1. The van der Waals surface area contributed by atoms with Crippen molar-refractivity contribution in [3.05, 3.63) is 24.3 Å². The molecule has 0 aliphatic carbocycles. The minimum absolute atomic E-state index is 0.211. The van der Waals surface area contributed by atoms with Gasteiger partial charge in [0.1, 0.15) is 6.54 Å². The number of nitrogens with one attached hydrogen (secondary N) is 2. The van der Waals surface area contributed by atoms with Crippen LogP contribution in [0.4, 0.5) is 11.4 Å². The van der Waals surface area contributed by atoms with E-state index < -0.39 is 0 Å². The van der Waals surface area contributed by atoms with E-state index in [0.29, 0.717) is 6.61 Å². The van der Waals surface area contributed by atoms with Crippen LogP contribution in [0.1, 0.15) is 26.2 Å². The minimum atomic E-state index is -0.220. The molecule has 1 aromatic carbocycles. The van der Waals surface area contributed by atoms with E-state index in [-0.39, 0.29) is 12.5 Å². The van der Waals surface area contributed by atoms with Crippen LogP contribution in [0.3, 0.4) is 0 Å². The second-order valence-electron chi connectivity index (χ2n) is 7.52. The number of anilines is 2. The van der Waals surface area contributed by atoms with E-state index in [1.54, 1.807) is 0 Å². The molecular weight excluding hydrogens is 340 g/mol. The van der Waals surface area contributed by atoms with Crippen LogP contribution in [0, 0.1) is 5.92 Å². The lowest BCUT2D eigenvalue weighted by Gasteiger charge is -2.37. The Bertz CT molecular complexity index is 564. The van der Waals surface area contributed by atoms with Crippen molar-refractivity contribution in [1.82, 2.24) is 10.2 Å². The van der Waals surface area contributed by atoms with Crippen LogP contribution >= 0.6 is 0 Å². The highest BCUT2D eigenvalue weighted by molar-refractivity contribution is 5.75. The van der Waals surface area contributed by atoms with E-state index in [0.717, 1.165) is 37.8 Å². The van der Waals surface area contributed by atoms with Gasteiger partial charge >= 0.3 is 5.97 Å². The average molecular weight is 375 g/mol. The Morgan fingerprint density at radius 2 is 1.85 bits per heavy atom. The highest BCUT2D eigenvalue weighted by atomic mass is 16.5. The van der Waals surface area contributed by atoms with E-state index in [9.17, 15) is 4.79 Å². The number of carbonyl (C=O) groups excluding carboxylic acids is 1. The Balaban J connectivity index is 1.38. The van der Waals surface area contributed by atoms with Crippen molar-refractivity contribution in [2.24, 2.45) is 5.92 Å². The number of piperazine rings is 1. The Kier molecular flexibility index (Phi) is 7.78. The Hall–Kier alpha value is -1.79. The van der Waals surface area contributed by atoms with Crippen LogP contribution in [0.15, 0.2) is 24.3 Å². The molecule has 2 N–H and O–H groups in total. The number of rotatable bonds is 8. The van der Waals surface area contributed by atoms with Gasteiger partial charge in [0.25, 0.3) is 0 Å². The predicted octanol–water partition coefficient (Wildman–Crippen LogP) is 2.17. The monoisotopic (exact) mass is 374 g/mol. The third kappa shape index (κ3) is 6.40. The fourth-order valence-corrected chi connectivity index (χ4v) is 3.94.